The van der Waals surface area contributed by atoms with Crippen LogP contribution in [0.25, 0.3) is 22.3 Å². The van der Waals surface area contributed by atoms with Crippen LogP contribution >= 0.6 is 11.6 Å². The van der Waals surface area contributed by atoms with Crippen molar-refractivity contribution in [2.75, 3.05) is 24.5 Å². The molecule has 0 spiro atoms. The second kappa shape index (κ2) is 8.15. The molecule has 3 aromatic rings. The van der Waals surface area contributed by atoms with Crippen LogP contribution in [-0.4, -0.2) is 52.1 Å². The summed E-state index contributed by atoms with van der Waals surface area (Å²) in [5, 5.41) is 1.29. The van der Waals surface area contributed by atoms with Crippen molar-refractivity contribution in [3.05, 3.63) is 53.6 Å². The van der Waals surface area contributed by atoms with E-state index in [0.29, 0.717) is 40.8 Å². The van der Waals surface area contributed by atoms with Crippen molar-refractivity contribution in [3.63, 3.8) is 0 Å². The molecule has 0 unspecified atom stereocenters. The van der Waals surface area contributed by atoms with Crippen molar-refractivity contribution in [2.24, 2.45) is 0 Å². The number of piperazine rings is 1. The molecule has 2 amide bonds. The number of halogens is 1. The van der Waals surface area contributed by atoms with Gasteiger partial charge in [0.25, 0.3) is 0 Å². The molecule has 2 aromatic carbocycles. The zero-order valence-corrected chi connectivity index (χ0v) is 18.4. The Labute approximate surface area is 185 Å². The standard InChI is InChI=1S/C23H23ClN4O3/c1-23(2,3)31-22(30)27-12-13-28(19(29)14-27)21-16-9-5-7-11-18(16)25-20(26-21)15-8-4-6-10-17(15)24/h4-11H,12-14H2,1-3H3. The molecule has 160 valence electrons. The van der Waals surface area contributed by atoms with Gasteiger partial charge in [-0.2, -0.15) is 0 Å². The zero-order valence-electron chi connectivity index (χ0n) is 17.6. The Morgan fingerprint density at radius 2 is 1.74 bits per heavy atom. The van der Waals surface area contributed by atoms with Crippen molar-refractivity contribution in [1.82, 2.24) is 14.9 Å². The maximum atomic E-state index is 13.0. The predicted molar refractivity (Wildman–Crippen MR) is 120 cm³/mol. The number of nitrogens with zero attached hydrogens (tertiary/aromatic N) is 4. The number of rotatable bonds is 2. The predicted octanol–water partition coefficient (Wildman–Crippen LogP) is 4.53. The first-order valence-electron chi connectivity index (χ1n) is 10.0. The maximum absolute atomic E-state index is 13.0. The van der Waals surface area contributed by atoms with Crippen LogP contribution in [0.4, 0.5) is 10.6 Å². The van der Waals surface area contributed by atoms with Gasteiger partial charge >= 0.3 is 6.09 Å². The summed E-state index contributed by atoms with van der Waals surface area (Å²) in [6, 6.07) is 14.9. The minimum atomic E-state index is -0.621. The van der Waals surface area contributed by atoms with E-state index < -0.39 is 11.7 Å². The molecule has 1 aliphatic rings. The molecule has 0 radical (unpaired) electrons. The molecule has 1 saturated heterocycles. The van der Waals surface area contributed by atoms with E-state index in [4.69, 9.17) is 21.3 Å². The number of fused-ring (bicyclic) bond motifs is 1. The van der Waals surface area contributed by atoms with Crippen LogP contribution in [0.1, 0.15) is 20.8 Å². The SMILES string of the molecule is CC(C)(C)OC(=O)N1CCN(c2nc(-c3ccccc3Cl)nc3ccccc23)C(=O)C1. The van der Waals surface area contributed by atoms with E-state index in [9.17, 15) is 9.59 Å². The fourth-order valence-electron chi connectivity index (χ4n) is 3.41. The number of carbonyl (C=O) groups is 2. The molecule has 1 aromatic heterocycles. The molecule has 8 heteroatoms. The first-order valence-corrected chi connectivity index (χ1v) is 10.4. The van der Waals surface area contributed by atoms with Crippen LogP contribution in [0, 0.1) is 0 Å². The summed E-state index contributed by atoms with van der Waals surface area (Å²) in [5.74, 6) is 0.724. The first-order chi connectivity index (χ1) is 14.7. The van der Waals surface area contributed by atoms with Gasteiger partial charge in [-0.15, -0.1) is 0 Å². The van der Waals surface area contributed by atoms with Crippen molar-refractivity contribution >= 4 is 40.3 Å². The molecule has 2 heterocycles. The molecular formula is C23H23ClN4O3. The third-order valence-corrected chi connectivity index (χ3v) is 5.16. The number of aromatic nitrogens is 2. The fourth-order valence-corrected chi connectivity index (χ4v) is 3.63. The van der Waals surface area contributed by atoms with Gasteiger partial charge in [-0.3, -0.25) is 14.6 Å². The summed E-state index contributed by atoms with van der Waals surface area (Å²) >= 11 is 6.36. The van der Waals surface area contributed by atoms with E-state index in [2.05, 4.69) is 4.98 Å². The molecule has 1 fully saturated rings. The molecule has 1 aliphatic heterocycles. The third kappa shape index (κ3) is 4.46. The van der Waals surface area contributed by atoms with E-state index in [1.807, 2.05) is 42.5 Å². The van der Waals surface area contributed by atoms with Gasteiger partial charge in [0.2, 0.25) is 5.91 Å². The van der Waals surface area contributed by atoms with Crippen LogP contribution in [0.3, 0.4) is 0 Å². The Bertz CT molecular complexity index is 1160. The molecule has 0 N–H and O–H groups in total. The summed E-state index contributed by atoms with van der Waals surface area (Å²) < 4.78 is 5.40. The molecule has 4 rings (SSSR count). The summed E-state index contributed by atoms with van der Waals surface area (Å²) in [5.41, 5.74) is 0.782. The average molecular weight is 439 g/mol. The normalized spacial score (nSPS) is 14.8. The number of benzene rings is 2. The first kappa shape index (κ1) is 21.1. The van der Waals surface area contributed by atoms with Gasteiger partial charge in [0, 0.05) is 24.0 Å². The van der Waals surface area contributed by atoms with Crippen molar-refractivity contribution < 1.29 is 14.3 Å². The van der Waals surface area contributed by atoms with Crippen molar-refractivity contribution in [2.45, 2.75) is 26.4 Å². The highest BCUT2D eigenvalue weighted by molar-refractivity contribution is 6.33. The second-order valence-electron chi connectivity index (χ2n) is 8.32. The van der Waals surface area contributed by atoms with Crippen molar-refractivity contribution in [3.8, 4) is 11.4 Å². The number of hydrogen-bond donors (Lipinski definition) is 0. The lowest BCUT2D eigenvalue weighted by Gasteiger charge is -2.35. The lowest BCUT2D eigenvalue weighted by Crippen LogP contribution is -2.53. The van der Waals surface area contributed by atoms with Crippen LogP contribution in [0.15, 0.2) is 48.5 Å². The Hall–Kier alpha value is -3.19. The zero-order chi connectivity index (χ0) is 22.2. The van der Waals surface area contributed by atoms with E-state index in [1.165, 1.54) is 4.90 Å². The Morgan fingerprint density at radius 3 is 2.45 bits per heavy atom. The summed E-state index contributed by atoms with van der Waals surface area (Å²) in [6.07, 6.45) is -0.496. The van der Waals surface area contributed by atoms with Crippen LogP contribution in [0.5, 0.6) is 0 Å². The van der Waals surface area contributed by atoms with E-state index in [0.717, 1.165) is 5.39 Å². The fraction of sp³-hybridized carbons (Fsp3) is 0.304. The lowest BCUT2D eigenvalue weighted by atomic mass is 10.1. The number of ether oxygens (including phenoxy) is 1. The monoisotopic (exact) mass is 438 g/mol. The number of amides is 2. The Kier molecular flexibility index (Phi) is 5.54. The highest BCUT2D eigenvalue weighted by Crippen LogP contribution is 2.31. The second-order valence-corrected chi connectivity index (χ2v) is 8.72. The highest BCUT2D eigenvalue weighted by atomic mass is 35.5. The van der Waals surface area contributed by atoms with Crippen molar-refractivity contribution in [1.29, 1.82) is 0 Å². The van der Waals surface area contributed by atoms with Crippen LogP contribution in [0.2, 0.25) is 5.02 Å². The minimum Gasteiger partial charge on any atom is -0.444 e. The molecule has 0 aliphatic carbocycles. The third-order valence-electron chi connectivity index (χ3n) is 4.83. The summed E-state index contributed by atoms with van der Waals surface area (Å²) in [4.78, 5) is 37.8. The maximum Gasteiger partial charge on any atom is 0.410 e. The quantitative estimate of drug-likeness (QED) is 0.587. The van der Waals surface area contributed by atoms with E-state index in [-0.39, 0.29) is 12.5 Å². The molecule has 31 heavy (non-hydrogen) atoms. The van der Waals surface area contributed by atoms with Gasteiger partial charge in [0.15, 0.2) is 5.82 Å². The van der Waals surface area contributed by atoms with Crippen LogP contribution < -0.4 is 4.90 Å². The number of anilines is 1. The summed E-state index contributed by atoms with van der Waals surface area (Å²) in [7, 11) is 0. The largest absolute Gasteiger partial charge is 0.444 e. The summed E-state index contributed by atoms with van der Waals surface area (Å²) in [6.45, 7) is 5.97. The Balaban J connectivity index is 1.69. The van der Waals surface area contributed by atoms with Gasteiger partial charge in [-0.25, -0.2) is 14.8 Å². The smallest absolute Gasteiger partial charge is 0.410 e. The molecule has 0 bridgehead atoms. The van der Waals surface area contributed by atoms with Gasteiger partial charge in [-0.05, 0) is 45.0 Å². The van der Waals surface area contributed by atoms with E-state index >= 15 is 0 Å². The Morgan fingerprint density at radius 1 is 1.03 bits per heavy atom. The molecule has 0 saturated carbocycles. The van der Waals surface area contributed by atoms with Gasteiger partial charge in [-0.1, -0.05) is 35.9 Å². The molecule has 0 atom stereocenters. The minimum absolute atomic E-state index is 0.0747. The van der Waals surface area contributed by atoms with Gasteiger partial charge in [0.1, 0.15) is 18.0 Å². The topological polar surface area (TPSA) is 75.6 Å². The number of carbonyl (C=O) groups excluding carboxylic acids is 2. The average Bonchev–Trinajstić information content (AvgIpc) is 2.72. The number of para-hydroxylation sites is 1. The van der Waals surface area contributed by atoms with Gasteiger partial charge in [0.05, 0.1) is 10.5 Å². The highest BCUT2D eigenvalue weighted by Gasteiger charge is 2.32. The molecule has 7 nitrogen and oxygen atoms in total. The number of hydrogen-bond acceptors (Lipinski definition) is 5. The van der Waals surface area contributed by atoms with E-state index in [1.54, 1.807) is 31.7 Å². The molecular weight excluding hydrogens is 416 g/mol. The van der Waals surface area contributed by atoms with Gasteiger partial charge < -0.3 is 4.74 Å². The van der Waals surface area contributed by atoms with Crippen LogP contribution in [-0.2, 0) is 9.53 Å². The lowest BCUT2D eigenvalue weighted by molar-refractivity contribution is -0.121.